The summed E-state index contributed by atoms with van der Waals surface area (Å²) in [6.07, 6.45) is 4.71. The molecule has 0 aliphatic carbocycles. The van der Waals surface area contributed by atoms with Crippen molar-refractivity contribution in [2.75, 3.05) is 25.0 Å². The topological polar surface area (TPSA) is 95.6 Å². The Bertz CT molecular complexity index is 1080. The normalized spacial score (nSPS) is 19.1. The molecule has 0 radical (unpaired) electrons. The molecule has 2 aromatic rings. The molecule has 2 amide bonds. The molecule has 32 heavy (non-hydrogen) atoms. The van der Waals surface area contributed by atoms with Crippen molar-refractivity contribution in [3.63, 3.8) is 0 Å². The molecule has 170 valence electrons. The van der Waals surface area contributed by atoms with Crippen molar-refractivity contribution in [2.45, 2.75) is 47.1 Å². The van der Waals surface area contributed by atoms with E-state index < -0.39 is 21.2 Å². The fraction of sp³-hybridized carbons (Fsp3) is 0.391. The third-order valence-corrected chi connectivity index (χ3v) is 8.41. The number of fused-ring (bicyclic) bond motifs is 1. The van der Waals surface area contributed by atoms with Crippen LogP contribution in [0.4, 0.5) is 5.69 Å². The second-order valence-corrected chi connectivity index (χ2v) is 10.9. The number of nitrogens with one attached hydrogen (secondary N) is 2. The largest absolute Gasteiger partial charge is 0.341 e. The number of nitrogens with zero attached hydrogens (tertiary/aromatic N) is 1. The van der Waals surface area contributed by atoms with Gasteiger partial charge < -0.3 is 10.2 Å². The van der Waals surface area contributed by atoms with Gasteiger partial charge in [0.1, 0.15) is 0 Å². The molecule has 0 spiro atoms. The van der Waals surface area contributed by atoms with E-state index in [1.54, 1.807) is 11.0 Å². The van der Waals surface area contributed by atoms with Gasteiger partial charge in [-0.15, -0.1) is 11.8 Å². The van der Waals surface area contributed by atoms with Gasteiger partial charge in [0.05, 0.1) is 10.6 Å². The number of thioether (sulfide) groups is 1. The zero-order chi connectivity index (χ0) is 22.6. The van der Waals surface area contributed by atoms with E-state index in [1.165, 1.54) is 23.9 Å². The standard InChI is InChI=1S/C23H27N3O4S2/c27-22-21(23(28)26-14-6-1-2-7-15-26)31-20-11-10-18(16-19(20)25-22)32(29,30)24-13-12-17-8-4-3-5-9-17/h3-5,8-11,16,21,24H,1-2,6-7,12-15H2,(H,25,27). The van der Waals surface area contributed by atoms with Crippen LogP contribution in [0.5, 0.6) is 0 Å². The van der Waals surface area contributed by atoms with Crippen LogP contribution in [-0.2, 0) is 26.0 Å². The Morgan fingerprint density at radius 1 is 1.06 bits per heavy atom. The highest BCUT2D eigenvalue weighted by atomic mass is 32.2. The lowest BCUT2D eigenvalue weighted by Crippen LogP contribution is -2.45. The Kier molecular flexibility index (Phi) is 7.17. The molecule has 2 N–H and O–H groups in total. The van der Waals surface area contributed by atoms with Crippen molar-refractivity contribution >= 4 is 39.3 Å². The quantitative estimate of drug-likeness (QED) is 0.629. The third kappa shape index (κ3) is 5.33. The zero-order valence-corrected chi connectivity index (χ0v) is 19.4. The third-order valence-electron chi connectivity index (χ3n) is 5.69. The van der Waals surface area contributed by atoms with Crippen molar-refractivity contribution in [1.82, 2.24) is 9.62 Å². The minimum atomic E-state index is -3.72. The van der Waals surface area contributed by atoms with Gasteiger partial charge in [-0.3, -0.25) is 9.59 Å². The van der Waals surface area contributed by atoms with E-state index in [0.717, 1.165) is 31.2 Å². The van der Waals surface area contributed by atoms with Crippen molar-refractivity contribution < 1.29 is 18.0 Å². The van der Waals surface area contributed by atoms with Crippen molar-refractivity contribution in [1.29, 1.82) is 0 Å². The number of benzene rings is 2. The van der Waals surface area contributed by atoms with Gasteiger partial charge in [-0.1, -0.05) is 43.2 Å². The van der Waals surface area contributed by atoms with E-state index in [2.05, 4.69) is 10.0 Å². The van der Waals surface area contributed by atoms with Crippen LogP contribution in [0.25, 0.3) is 0 Å². The summed E-state index contributed by atoms with van der Waals surface area (Å²) >= 11 is 1.19. The van der Waals surface area contributed by atoms with E-state index in [1.807, 2.05) is 30.3 Å². The summed E-state index contributed by atoms with van der Waals surface area (Å²) in [5, 5.41) is 1.90. The van der Waals surface area contributed by atoms with Crippen LogP contribution in [0.15, 0.2) is 58.3 Å². The number of hydrogen-bond donors (Lipinski definition) is 2. The van der Waals surface area contributed by atoms with Crippen molar-refractivity contribution in [3.05, 3.63) is 54.1 Å². The highest BCUT2D eigenvalue weighted by Gasteiger charge is 2.36. The fourth-order valence-corrected chi connectivity index (χ4v) is 6.04. The Morgan fingerprint density at radius 3 is 2.50 bits per heavy atom. The SMILES string of the molecule is O=C1Nc2cc(S(=O)(=O)NCCc3ccccc3)ccc2SC1C(=O)N1CCCCCC1. The fourth-order valence-electron chi connectivity index (χ4n) is 3.93. The van der Waals surface area contributed by atoms with Crippen LogP contribution in [0, 0.1) is 0 Å². The average molecular weight is 474 g/mol. The summed E-state index contributed by atoms with van der Waals surface area (Å²) in [6, 6.07) is 14.3. The second kappa shape index (κ2) is 10.1. The van der Waals surface area contributed by atoms with Gasteiger partial charge in [0, 0.05) is 24.5 Å². The second-order valence-electron chi connectivity index (χ2n) is 8.02. The molecule has 9 heteroatoms. The van der Waals surface area contributed by atoms with Crippen LogP contribution in [0.3, 0.4) is 0 Å². The molecular weight excluding hydrogens is 446 g/mol. The lowest BCUT2D eigenvalue weighted by molar-refractivity contribution is -0.133. The molecule has 1 atom stereocenters. The number of likely N-dealkylation sites (tertiary alicyclic amines) is 1. The Morgan fingerprint density at radius 2 is 1.78 bits per heavy atom. The minimum absolute atomic E-state index is 0.0857. The number of hydrogen-bond acceptors (Lipinski definition) is 5. The Labute approximate surface area is 193 Å². The zero-order valence-electron chi connectivity index (χ0n) is 17.7. The monoisotopic (exact) mass is 473 g/mol. The first-order chi connectivity index (χ1) is 15.4. The van der Waals surface area contributed by atoms with Gasteiger partial charge in [-0.05, 0) is 43.0 Å². The minimum Gasteiger partial charge on any atom is -0.341 e. The summed E-state index contributed by atoms with van der Waals surface area (Å²) in [5.74, 6) is -0.567. The summed E-state index contributed by atoms with van der Waals surface area (Å²) in [5.41, 5.74) is 1.47. The smallest absolute Gasteiger partial charge is 0.247 e. The average Bonchev–Trinajstić information content (AvgIpc) is 3.08. The molecule has 1 fully saturated rings. The first-order valence-corrected chi connectivity index (χ1v) is 13.2. The van der Waals surface area contributed by atoms with E-state index in [4.69, 9.17) is 0 Å². The lowest BCUT2D eigenvalue weighted by atomic mass is 10.2. The van der Waals surface area contributed by atoms with E-state index in [0.29, 0.717) is 30.1 Å². The van der Waals surface area contributed by atoms with Crippen molar-refractivity contribution in [3.8, 4) is 0 Å². The summed E-state index contributed by atoms with van der Waals surface area (Å²) in [4.78, 5) is 28.2. The van der Waals surface area contributed by atoms with E-state index in [9.17, 15) is 18.0 Å². The molecular formula is C23H27N3O4S2. The first kappa shape index (κ1) is 22.8. The number of carbonyl (C=O) groups excluding carboxylic acids is 2. The summed E-state index contributed by atoms with van der Waals surface area (Å²) in [6.45, 7) is 1.64. The lowest BCUT2D eigenvalue weighted by Gasteiger charge is -2.28. The summed E-state index contributed by atoms with van der Waals surface area (Å²) < 4.78 is 28.0. The van der Waals surface area contributed by atoms with Crippen LogP contribution >= 0.6 is 11.8 Å². The number of rotatable bonds is 6. The molecule has 7 nitrogen and oxygen atoms in total. The molecule has 1 unspecified atom stereocenters. The maximum absolute atomic E-state index is 12.9. The Balaban J connectivity index is 1.43. The van der Waals surface area contributed by atoms with Gasteiger partial charge in [-0.2, -0.15) is 0 Å². The van der Waals surface area contributed by atoms with Gasteiger partial charge in [-0.25, -0.2) is 13.1 Å². The molecule has 4 rings (SSSR count). The predicted octanol–water partition coefficient (Wildman–Crippen LogP) is 3.02. The number of anilines is 1. The molecule has 2 aliphatic heterocycles. The van der Waals surface area contributed by atoms with Crippen LogP contribution in [0.1, 0.15) is 31.2 Å². The highest BCUT2D eigenvalue weighted by Crippen LogP contribution is 2.38. The molecule has 0 bridgehead atoms. The van der Waals surface area contributed by atoms with Crippen LogP contribution < -0.4 is 10.0 Å². The number of sulfonamides is 1. The first-order valence-electron chi connectivity index (χ1n) is 10.9. The Hall–Kier alpha value is -2.36. The summed E-state index contributed by atoms with van der Waals surface area (Å²) in [7, 11) is -3.72. The van der Waals surface area contributed by atoms with Crippen LogP contribution in [0.2, 0.25) is 0 Å². The van der Waals surface area contributed by atoms with Gasteiger partial charge >= 0.3 is 0 Å². The van der Waals surface area contributed by atoms with Crippen molar-refractivity contribution in [2.24, 2.45) is 0 Å². The predicted molar refractivity (Wildman–Crippen MR) is 125 cm³/mol. The maximum Gasteiger partial charge on any atom is 0.247 e. The van der Waals surface area contributed by atoms with E-state index in [-0.39, 0.29) is 17.3 Å². The van der Waals surface area contributed by atoms with Crippen LogP contribution in [-0.4, -0.2) is 50.0 Å². The molecule has 1 saturated heterocycles. The molecule has 2 aromatic carbocycles. The number of amides is 2. The van der Waals surface area contributed by atoms with E-state index >= 15 is 0 Å². The molecule has 0 saturated carbocycles. The van der Waals surface area contributed by atoms with Gasteiger partial charge in [0.15, 0.2) is 5.25 Å². The highest BCUT2D eigenvalue weighted by molar-refractivity contribution is 8.01. The van der Waals surface area contributed by atoms with Gasteiger partial charge in [0.25, 0.3) is 0 Å². The maximum atomic E-state index is 12.9. The van der Waals surface area contributed by atoms with Gasteiger partial charge in [0.2, 0.25) is 21.8 Å². The molecule has 0 aromatic heterocycles. The molecule has 2 aliphatic rings. The molecule has 2 heterocycles. The number of carbonyl (C=O) groups is 2.